The Hall–Kier alpha value is -2.39. The SMILES string of the molecule is Cc1cc(C)cc(N(CCC#N)C(=O)COC(=O)C2(O)CCCCC2)c1. The number of rotatable bonds is 6. The molecule has 6 nitrogen and oxygen atoms in total. The number of hydrogen-bond acceptors (Lipinski definition) is 5. The first-order chi connectivity index (χ1) is 12.4. The quantitative estimate of drug-likeness (QED) is 0.790. The van der Waals surface area contributed by atoms with Crippen molar-refractivity contribution in [1.82, 2.24) is 0 Å². The van der Waals surface area contributed by atoms with Crippen molar-refractivity contribution in [2.75, 3.05) is 18.1 Å². The summed E-state index contributed by atoms with van der Waals surface area (Å²) in [7, 11) is 0. The molecule has 0 heterocycles. The molecule has 1 fully saturated rings. The molecule has 1 saturated carbocycles. The van der Waals surface area contributed by atoms with E-state index in [9.17, 15) is 14.7 Å². The van der Waals surface area contributed by atoms with Gasteiger partial charge >= 0.3 is 5.97 Å². The zero-order valence-electron chi connectivity index (χ0n) is 15.5. The van der Waals surface area contributed by atoms with Crippen LogP contribution in [0.15, 0.2) is 18.2 Å². The lowest BCUT2D eigenvalue weighted by molar-refractivity contribution is -0.170. The fraction of sp³-hybridized carbons (Fsp3) is 0.550. The van der Waals surface area contributed by atoms with Crippen LogP contribution < -0.4 is 4.90 Å². The van der Waals surface area contributed by atoms with Crippen molar-refractivity contribution in [3.8, 4) is 6.07 Å². The first-order valence-corrected chi connectivity index (χ1v) is 9.01. The number of carbonyl (C=O) groups is 2. The van der Waals surface area contributed by atoms with Crippen molar-refractivity contribution in [3.05, 3.63) is 29.3 Å². The van der Waals surface area contributed by atoms with Gasteiger partial charge in [-0.2, -0.15) is 5.26 Å². The predicted octanol–water partition coefficient (Wildman–Crippen LogP) is 2.79. The van der Waals surface area contributed by atoms with Crippen LogP contribution >= 0.6 is 0 Å². The van der Waals surface area contributed by atoms with Crippen molar-refractivity contribution >= 4 is 17.6 Å². The summed E-state index contributed by atoms with van der Waals surface area (Å²) in [6, 6.07) is 7.75. The van der Waals surface area contributed by atoms with Gasteiger partial charge in [-0.1, -0.05) is 12.5 Å². The minimum Gasteiger partial charge on any atom is -0.453 e. The minimum atomic E-state index is -1.48. The molecule has 1 N–H and O–H groups in total. The molecule has 1 aliphatic carbocycles. The lowest BCUT2D eigenvalue weighted by Crippen LogP contribution is -2.44. The Bertz CT molecular complexity index is 682. The molecule has 6 heteroatoms. The molecule has 0 bridgehead atoms. The maximum atomic E-state index is 12.6. The lowest BCUT2D eigenvalue weighted by atomic mass is 9.85. The summed E-state index contributed by atoms with van der Waals surface area (Å²) in [5, 5.41) is 19.2. The number of benzene rings is 1. The number of amides is 1. The van der Waals surface area contributed by atoms with Crippen molar-refractivity contribution in [2.45, 2.75) is 58.0 Å². The second-order valence-corrected chi connectivity index (χ2v) is 6.97. The van der Waals surface area contributed by atoms with E-state index < -0.39 is 24.1 Å². The van der Waals surface area contributed by atoms with Crippen molar-refractivity contribution in [2.24, 2.45) is 0 Å². The van der Waals surface area contributed by atoms with Gasteiger partial charge in [-0.15, -0.1) is 0 Å². The minimum absolute atomic E-state index is 0.177. The first kappa shape index (κ1) is 19.9. The highest BCUT2D eigenvalue weighted by molar-refractivity contribution is 5.95. The summed E-state index contributed by atoms with van der Waals surface area (Å²) in [5.41, 5.74) is 1.21. The summed E-state index contributed by atoms with van der Waals surface area (Å²) in [6.07, 6.45) is 3.46. The van der Waals surface area contributed by atoms with E-state index in [-0.39, 0.29) is 13.0 Å². The van der Waals surface area contributed by atoms with Gasteiger partial charge in [-0.25, -0.2) is 4.79 Å². The van der Waals surface area contributed by atoms with E-state index in [1.54, 1.807) is 0 Å². The number of hydrogen-bond donors (Lipinski definition) is 1. The second-order valence-electron chi connectivity index (χ2n) is 6.97. The lowest BCUT2D eigenvalue weighted by Gasteiger charge is -2.30. The van der Waals surface area contributed by atoms with E-state index in [2.05, 4.69) is 0 Å². The molecule has 0 saturated heterocycles. The van der Waals surface area contributed by atoms with E-state index in [1.807, 2.05) is 38.1 Å². The van der Waals surface area contributed by atoms with Crippen LogP contribution in [-0.4, -0.2) is 35.7 Å². The Kier molecular flexibility index (Phi) is 6.76. The average Bonchev–Trinajstić information content (AvgIpc) is 2.59. The maximum absolute atomic E-state index is 12.6. The van der Waals surface area contributed by atoms with Crippen molar-refractivity contribution in [1.29, 1.82) is 5.26 Å². The number of aryl methyl sites for hydroxylation is 2. The number of anilines is 1. The third kappa shape index (κ3) is 5.06. The van der Waals surface area contributed by atoms with E-state index >= 15 is 0 Å². The maximum Gasteiger partial charge on any atom is 0.338 e. The van der Waals surface area contributed by atoms with Gasteiger partial charge in [0.1, 0.15) is 0 Å². The van der Waals surface area contributed by atoms with Gasteiger partial charge in [-0.05, 0) is 62.8 Å². The topological polar surface area (TPSA) is 90.6 Å². The fourth-order valence-electron chi connectivity index (χ4n) is 3.35. The van der Waals surface area contributed by atoms with Crippen LogP contribution in [0.4, 0.5) is 5.69 Å². The van der Waals surface area contributed by atoms with Crippen LogP contribution in [0.2, 0.25) is 0 Å². The number of esters is 1. The smallest absolute Gasteiger partial charge is 0.338 e. The highest BCUT2D eigenvalue weighted by Gasteiger charge is 2.39. The Morgan fingerprint density at radius 2 is 1.81 bits per heavy atom. The number of nitriles is 1. The fourth-order valence-corrected chi connectivity index (χ4v) is 3.35. The number of carbonyl (C=O) groups excluding carboxylic acids is 2. The van der Waals surface area contributed by atoms with Crippen molar-refractivity contribution < 1.29 is 19.4 Å². The third-order valence-electron chi connectivity index (χ3n) is 4.65. The average molecular weight is 358 g/mol. The number of ether oxygens (including phenoxy) is 1. The molecule has 0 unspecified atom stereocenters. The zero-order chi connectivity index (χ0) is 19.2. The Morgan fingerprint density at radius 1 is 1.19 bits per heavy atom. The van der Waals surface area contributed by atoms with E-state index in [1.165, 1.54) is 4.90 Å². The van der Waals surface area contributed by atoms with Gasteiger partial charge in [0.2, 0.25) is 0 Å². The normalized spacial score (nSPS) is 15.8. The Labute approximate surface area is 154 Å². The molecule has 1 amide bonds. The van der Waals surface area contributed by atoms with Gasteiger partial charge < -0.3 is 14.7 Å². The van der Waals surface area contributed by atoms with Crippen LogP contribution in [0, 0.1) is 25.2 Å². The van der Waals surface area contributed by atoms with Crippen LogP contribution in [0.1, 0.15) is 49.7 Å². The Morgan fingerprint density at radius 3 is 2.38 bits per heavy atom. The van der Waals surface area contributed by atoms with E-state index in [0.717, 1.165) is 30.4 Å². The standard InChI is InChI=1S/C20H26N2O4/c1-15-11-16(2)13-17(12-15)22(10-6-9-21)18(23)14-26-19(24)20(25)7-4-3-5-8-20/h11-13,25H,3-8,10,14H2,1-2H3. The van der Waals surface area contributed by atoms with Gasteiger partial charge in [0.15, 0.2) is 12.2 Å². The summed E-state index contributed by atoms with van der Waals surface area (Å²) in [4.78, 5) is 26.3. The molecule has 0 aliphatic heterocycles. The van der Waals surface area contributed by atoms with Crippen LogP contribution in [-0.2, 0) is 14.3 Å². The predicted molar refractivity (Wildman–Crippen MR) is 97.5 cm³/mol. The monoisotopic (exact) mass is 358 g/mol. The molecule has 26 heavy (non-hydrogen) atoms. The van der Waals surface area contributed by atoms with Crippen molar-refractivity contribution in [3.63, 3.8) is 0 Å². The number of nitrogens with zero attached hydrogens (tertiary/aromatic N) is 2. The van der Waals surface area contributed by atoms with E-state index in [4.69, 9.17) is 10.00 Å². The highest BCUT2D eigenvalue weighted by atomic mass is 16.6. The molecular weight excluding hydrogens is 332 g/mol. The summed E-state index contributed by atoms with van der Waals surface area (Å²) >= 11 is 0. The Balaban J connectivity index is 2.06. The molecular formula is C20H26N2O4. The van der Waals surface area contributed by atoms with E-state index in [0.29, 0.717) is 18.5 Å². The van der Waals surface area contributed by atoms with Gasteiger partial charge in [0.05, 0.1) is 12.5 Å². The second kappa shape index (κ2) is 8.81. The van der Waals surface area contributed by atoms with Crippen LogP contribution in [0.5, 0.6) is 0 Å². The molecule has 1 aromatic rings. The molecule has 140 valence electrons. The highest BCUT2D eigenvalue weighted by Crippen LogP contribution is 2.29. The van der Waals surface area contributed by atoms with Gasteiger partial charge in [0, 0.05) is 12.2 Å². The van der Waals surface area contributed by atoms with Crippen LogP contribution in [0.25, 0.3) is 0 Å². The molecule has 0 atom stereocenters. The summed E-state index contributed by atoms with van der Waals surface area (Å²) < 4.78 is 5.13. The molecule has 0 radical (unpaired) electrons. The number of aliphatic hydroxyl groups is 1. The molecule has 0 aromatic heterocycles. The van der Waals surface area contributed by atoms with Crippen LogP contribution in [0.3, 0.4) is 0 Å². The van der Waals surface area contributed by atoms with Gasteiger partial charge in [-0.3, -0.25) is 4.79 Å². The molecule has 1 aromatic carbocycles. The molecule has 0 spiro atoms. The largest absolute Gasteiger partial charge is 0.453 e. The molecule has 1 aliphatic rings. The summed E-state index contributed by atoms with van der Waals surface area (Å²) in [6.45, 7) is 3.64. The molecule has 2 rings (SSSR count). The first-order valence-electron chi connectivity index (χ1n) is 9.01. The summed E-state index contributed by atoms with van der Waals surface area (Å²) in [5.74, 6) is -1.13. The third-order valence-corrected chi connectivity index (χ3v) is 4.65. The zero-order valence-corrected chi connectivity index (χ0v) is 15.5. The van der Waals surface area contributed by atoms with Gasteiger partial charge in [0.25, 0.3) is 5.91 Å².